The minimum Gasteiger partial charge on any atom is -0.480 e. The average molecular weight is 480 g/mol. The molecule has 0 saturated carbocycles. The topological polar surface area (TPSA) is 215 Å². The van der Waals surface area contributed by atoms with Crippen molar-refractivity contribution in [2.24, 2.45) is 5.73 Å². The number of nitrogens with two attached hydrogens (primary N) is 1. The Morgan fingerprint density at radius 1 is 1.29 bits per heavy atom. The van der Waals surface area contributed by atoms with Crippen LogP contribution in [0.25, 0.3) is 11.2 Å². The summed E-state index contributed by atoms with van der Waals surface area (Å²) < 4.78 is 6.35. The highest BCUT2D eigenvalue weighted by atomic mass is 16.6. The van der Waals surface area contributed by atoms with Crippen molar-refractivity contribution >= 4 is 40.9 Å². The molecule has 0 aliphatic carbocycles. The Balaban J connectivity index is 2.15. The molecule has 2 aromatic heterocycles. The first kappa shape index (κ1) is 26.2. The van der Waals surface area contributed by atoms with E-state index < -0.39 is 41.7 Å². The molecule has 0 saturated heterocycles. The number of fused-ring (bicyclic) bond motifs is 1. The molecule has 0 aliphatic rings. The maximum Gasteiger partial charge on any atom is 0.407 e. The van der Waals surface area contributed by atoms with Gasteiger partial charge in [-0.3, -0.25) is 19.4 Å². The van der Waals surface area contributed by atoms with Crippen molar-refractivity contribution in [3.63, 3.8) is 0 Å². The lowest BCUT2D eigenvalue weighted by atomic mass is 10.2. The number of H-pyrrole nitrogens is 1. The number of carboxylic acids is 1. The van der Waals surface area contributed by atoms with E-state index in [4.69, 9.17) is 15.6 Å². The number of alkyl carbamates (subject to hydrolysis) is 1. The van der Waals surface area contributed by atoms with Crippen molar-refractivity contribution in [2.45, 2.75) is 39.3 Å². The normalized spacial score (nSPS) is 11.2. The Kier molecular flexibility index (Phi) is 8.66. The molecule has 0 fully saturated rings. The van der Waals surface area contributed by atoms with E-state index in [-0.39, 0.29) is 49.6 Å². The van der Waals surface area contributed by atoms with Gasteiger partial charge < -0.3 is 35.7 Å². The number of amides is 3. The SMILES string of the molecule is CC(C)(C)OC(=O)NCCN(CC(=O)O)C(=O)Cn1cnc2c(NC(=O)CCN)[nH]c(=O)nc21. The molecule has 0 aliphatic heterocycles. The van der Waals surface area contributed by atoms with Gasteiger partial charge in [0.25, 0.3) is 0 Å². The molecule has 15 nitrogen and oxygen atoms in total. The van der Waals surface area contributed by atoms with E-state index in [1.165, 1.54) is 10.9 Å². The highest BCUT2D eigenvalue weighted by Crippen LogP contribution is 2.16. The molecule has 186 valence electrons. The fraction of sp³-hybridized carbons (Fsp3) is 0.526. The number of anilines is 1. The maximum absolute atomic E-state index is 12.8. The monoisotopic (exact) mass is 480 g/mol. The first-order chi connectivity index (χ1) is 15.9. The van der Waals surface area contributed by atoms with Crippen LogP contribution in [-0.4, -0.2) is 85.2 Å². The standard InChI is InChI=1S/C19H28N8O7/c1-19(2,3)34-18(33)21-6-7-26(9-13(30)31)12(29)8-27-10-22-14-15(23-11(28)4-5-20)24-17(32)25-16(14)27/h10H,4-9,20H2,1-3H3,(H,21,33)(H,30,31)(H2,23,24,25,28,32). The number of aliphatic carboxylic acids is 1. The van der Waals surface area contributed by atoms with Crippen LogP contribution in [0.2, 0.25) is 0 Å². The van der Waals surface area contributed by atoms with Gasteiger partial charge in [-0.15, -0.1) is 0 Å². The Morgan fingerprint density at radius 2 is 2.00 bits per heavy atom. The number of nitrogens with zero attached hydrogens (tertiary/aromatic N) is 4. The largest absolute Gasteiger partial charge is 0.480 e. The summed E-state index contributed by atoms with van der Waals surface area (Å²) in [5.41, 5.74) is 4.00. The first-order valence-electron chi connectivity index (χ1n) is 10.3. The second-order valence-corrected chi connectivity index (χ2v) is 8.19. The molecule has 15 heteroatoms. The maximum atomic E-state index is 12.8. The quantitative estimate of drug-likeness (QED) is 0.275. The van der Waals surface area contributed by atoms with E-state index in [1.54, 1.807) is 20.8 Å². The molecule has 6 N–H and O–H groups in total. The summed E-state index contributed by atoms with van der Waals surface area (Å²) in [7, 11) is 0. The number of nitrogens with one attached hydrogen (secondary N) is 3. The van der Waals surface area contributed by atoms with Gasteiger partial charge >= 0.3 is 17.8 Å². The van der Waals surface area contributed by atoms with Crippen molar-refractivity contribution in [1.29, 1.82) is 0 Å². The summed E-state index contributed by atoms with van der Waals surface area (Å²) in [5.74, 6) is -2.31. The number of carboxylic acid groups (broad SMARTS) is 1. The van der Waals surface area contributed by atoms with E-state index in [0.29, 0.717) is 0 Å². The van der Waals surface area contributed by atoms with Gasteiger partial charge in [-0.1, -0.05) is 0 Å². The Hall–Kier alpha value is -4.01. The Bertz CT molecular complexity index is 1120. The number of rotatable bonds is 10. The van der Waals surface area contributed by atoms with Gasteiger partial charge in [-0.2, -0.15) is 4.98 Å². The van der Waals surface area contributed by atoms with Crippen molar-refractivity contribution < 1.29 is 29.0 Å². The van der Waals surface area contributed by atoms with Crippen LogP contribution in [0.5, 0.6) is 0 Å². The van der Waals surface area contributed by atoms with Gasteiger partial charge in [0.1, 0.15) is 30.0 Å². The molecular formula is C19H28N8O7. The summed E-state index contributed by atoms with van der Waals surface area (Å²) in [4.78, 5) is 70.9. The number of carbonyl (C=O) groups excluding carboxylic acids is 3. The lowest BCUT2D eigenvalue weighted by molar-refractivity contribution is -0.144. The summed E-state index contributed by atoms with van der Waals surface area (Å²) in [6.45, 7) is 4.02. The number of hydrogen-bond donors (Lipinski definition) is 5. The minimum absolute atomic E-state index is 0.00333. The third kappa shape index (κ3) is 7.84. The van der Waals surface area contributed by atoms with Crippen LogP contribution in [0.4, 0.5) is 10.6 Å². The van der Waals surface area contributed by atoms with E-state index in [1.807, 2.05) is 0 Å². The van der Waals surface area contributed by atoms with Gasteiger partial charge in [0.2, 0.25) is 11.8 Å². The zero-order valence-electron chi connectivity index (χ0n) is 19.1. The third-order valence-electron chi connectivity index (χ3n) is 4.16. The van der Waals surface area contributed by atoms with Crippen molar-refractivity contribution in [3.05, 3.63) is 16.8 Å². The summed E-state index contributed by atoms with van der Waals surface area (Å²) in [5, 5.41) is 14.1. The molecule has 0 unspecified atom stereocenters. The van der Waals surface area contributed by atoms with Crippen LogP contribution >= 0.6 is 0 Å². The lowest BCUT2D eigenvalue weighted by Crippen LogP contribution is -2.43. The molecular weight excluding hydrogens is 452 g/mol. The predicted molar refractivity (Wildman–Crippen MR) is 119 cm³/mol. The molecule has 0 aromatic carbocycles. The van der Waals surface area contributed by atoms with E-state index in [0.717, 1.165) is 4.90 Å². The third-order valence-corrected chi connectivity index (χ3v) is 4.16. The van der Waals surface area contributed by atoms with Crippen LogP contribution in [0.3, 0.4) is 0 Å². The van der Waals surface area contributed by atoms with Gasteiger partial charge in [-0.25, -0.2) is 14.6 Å². The van der Waals surface area contributed by atoms with Crippen LogP contribution in [0, 0.1) is 0 Å². The summed E-state index contributed by atoms with van der Waals surface area (Å²) in [6.07, 6.45) is 0.551. The van der Waals surface area contributed by atoms with Gasteiger partial charge in [0, 0.05) is 26.1 Å². The molecule has 3 amide bonds. The number of ether oxygens (including phenoxy) is 1. The highest BCUT2D eigenvalue weighted by molar-refractivity contribution is 5.97. The molecule has 0 atom stereocenters. The lowest BCUT2D eigenvalue weighted by Gasteiger charge is -2.23. The molecule has 34 heavy (non-hydrogen) atoms. The number of aromatic amines is 1. The van der Waals surface area contributed by atoms with Crippen LogP contribution in [0.1, 0.15) is 27.2 Å². The zero-order chi connectivity index (χ0) is 25.5. The smallest absolute Gasteiger partial charge is 0.407 e. The van der Waals surface area contributed by atoms with E-state index in [2.05, 4.69) is 25.6 Å². The van der Waals surface area contributed by atoms with Gasteiger partial charge in [0.05, 0.1) is 6.33 Å². The predicted octanol–water partition coefficient (Wildman–Crippen LogP) is -1.16. The van der Waals surface area contributed by atoms with E-state index in [9.17, 15) is 24.0 Å². The summed E-state index contributed by atoms with van der Waals surface area (Å²) in [6, 6.07) is 0. The van der Waals surface area contributed by atoms with Crippen molar-refractivity contribution in [1.82, 2.24) is 29.7 Å². The second-order valence-electron chi connectivity index (χ2n) is 8.19. The summed E-state index contributed by atoms with van der Waals surface area (Å²) >= 11 is 0. The number of hydrogen-bond acceptors (Lipinski definition) is 9. The molecule has 0 radical (unpaired) electrons. The first-order valence-corrected chi connectivity index (χ1v) is 10.3. The fourth-order valence-electron chi connectivity index (χ4n) is 2.81. The van der Waals surface area contributed by atoms with E-state index >= 15 is 0 Å². The molecule has 2 heterocycles. The van der Waals surface area contributed by atoms with Gasteiger partial charge in [0.15, 0.2) is 5.65 Å². The zero-order valence-corrected chi connectivity index (χ0v) is 19.1. The second kappa shape index (κ2) is 11.2. The number of imidazole rings is 1. The molecule has 0 bridgehead atoms. The Morgan fingerprint density at radius 3 is 2.62 bits per heavy atom. The van der Waals surface area contributed by atoms with Crippen LogP contribution in [-0.2, 0) is 25.7 Å². The van der Waals surface area contributed by atoms with Crippen molar-refractivity contribution in [2.75, 3.05) is 31.5 Å². The van der Waals surface area contributed by atoms with Crippen molar-refractivity contribution in [3.8, 4) is 0 Å². The fourth-order valence-corrected chi connectivity index (χ4v) is 2.81. The molecule has 2 aromatic rings. The molecule has 0 spiro atoms. The number of carbonyl (C=O) groups is 4. The average Bonchev–Trinajstić information content (AvgIpc) is 3.08. The minimum atomic E-state index is -1.25. The number of aromatic nitrogens is 4. The van der Waals surface area contributed by atoms with Gasteiger partial charge in [-0.05, 0) is 20.8 Å². The molecule has 2 rings (SSSR count). The van der Waals surface area contributed by atoms with Crippen LogP contribution < -0.4 is 22.1 Å². The highest BCUT2D eigenvalue weighted by Gasteiger charge is 2.21. The Labute approximate surface area is 193 Å². The van der Waals surface area contributed by atoms with Crippen LogP contribution in [0.15, 0.2) is 11.1 Å².